The largest absolute Gasteiger partial charge is 0.457 e. The number of aryl methyl sites for hydroxylation is 1. The summed E-state index contributed by atoms with van der Waals surface area (Å²) in [4.78, 5) is 26.2. The molecule has 1 aromatic carbocycles. The van der Waals surface area contributed by atoms with Crippen LogP contribution in [0.25, 0.3) is 0 Å². The van der Waals surface area contributed by atoms with Crippen LogP contribution in [-0.2, 0) is 9.47 Å². The van der Waals surface area contributed by atoms with Gasteiger partial charge in [-0.05, 0) is 48.2 Å². The van der Waals surface area contributed by atoms with Gasteiger partial charge in [-0.2, -0.15) is 0 Å². The average molecular weight is 473 g/mol. The van der Waals surface area contributed by atoms with Crippen LogP contribution in [0.2, 0.25) is 0 Å². The number of carbonyl (C=O) groups is 2. The van der Waals surface area contributed by atoms with E-state index in [1.165, 1.54) is 12.5 Å². The van der Waals surface area contributed by atoms with Gasteiger partial charge in [0, 0.05) is 17.3 Å². The predicted molar refractivity (Wildman–Crippen MR) is 129 cm³/mol. The maximum atomic E-state index is 13.2. The van der Waals surface area contributed by atoms with Crippen LogP contribution in [-0.4, -0.2) is 24.1 Å². The van der Waals surface area contributed by atoms with Crippen LogP contribution in [0.5, 0.6) is 0 Å². The minimum atomic E-state index is -0.764. The van der Waals surface area contributed by atoms with Gasteiger partial charge >= 0.3 is 11.9 Å². The molecule has 2 aromatic heterocycles. The molecule has 0 bridgehead atoms. The number of ether oxygens (including phenoxy) is 2. The Kier molecular flexibility index (Phi) is 5.97. The molecule has 6 heteroatoms. The van der Waals surface area contributed by atoms with E-state index in [1.54, 1.807) is 24.3 Å². The molecule has 5 unspecified atom stereocenters. The fourth-order valence-electron chi connectivity index (χ4n) is 5.78. The molecular weight excluding hydrogens is 444 g/mol. The molecule has 6 nitrogen and oxygen atoms in total. The Morgan fingerprint density at radius 1 is 0.857 bits per heavy atom. The van der Waals surface area contributed by atoms with E-state index in [4.69, 9.17) is 18.3 Å². The number of hydrogen-bond acceptors (Lipinski definition) is 6. The molecule has 3 aromatic rings. The Labute approximate surface area is 204 Å². The molecule has 0 spiro atoms. The van der Waals surface area contributed by atoms with Crippen LogP contribution in [0.3, 0.4) is 0 Å². The number of fused-ring (bicyclic) bond motifs is 1. The monoisotopic (exact) mass is 472 g/mol. The standard InChI is InChI=1S/C29H28O6/c1-18-10-4-5-11-20(18)24-26(35-28(31)23-14-9-17-33-23)25(34-27(30)22-13-8-16-32-22)19(2)21-12-6-7-15-29(21,24)3/h4-17,19,21,24-26H,1-3H3/t19?,21-,24?,25?,26?,29?/m1/s1. The SMILES string of the molecule is Cc1ccccc1C1C(OC(=O)c2ccco2)C(OC(=O)c2ccco2)C(C)[C@H]2C=CC=CC12C. The number of allylic oxidation sites excluding steroid dienone is 4. The van der Waals surface area contributed by atoms with Crippen molar-refractivity contribution in [3.8, 4) is 0 Å². The van der Waals surface area contributed by atoms with Crippen molar-refractivity contribution in [2.24, 2.45) is 17.3 Å². The third kappa shape index (κ3) is 4.03. The number of benzene rings is 1. The Bertz CT molecular complexity index is 1250. The van der Waals surface area contributed by atoms with E-state index in [-0.39, 0.29) is 34.7 Å². The van der Waals surface area contributed by atoms with Gasteiger partial charge in [0.25, 0.3) is 0 Å². The molecule has 35 heavy (non-hydrogen) atoms. The molecular formula is C29H28O6. The van der Waals surface area contributed by atoms with Crippen molar-refractivity contribution in [3.63, 3.8) is 0 Å². The lowest BCUT2D eigenvalue weighted by Gasteiger charge is -2.55. The van der Waals surface area contributed by atoms with Crippen molar-refractivity contribution in [3.05, 3.63) is 108 Å². The van der Waals surface area contributed by atoms with Crippen LogP contribution < -0.4 is 0 Å². The van der Waals surface area contributed by atoms with Gasteiger partial charge in [0.15, 0.2) is 0 Å². The van der Waals surface area contributed by atoms with E-state index in [2.05, 4.69) is 25.1 Å². The van der Waals surface area contributed by atoms with E-state index in [0.717, 1.165) is 11.1 Å². The van der Waals surface area contributed by atoms with E-state index < -0.39 is 24.1 Å². The molecule has 0 saturated heterocycles. The van der Waals surface area contributed by atoms with Gasteiger partial charge in [-0.25, -0.2) is 9.59 Å². The average Bonchev–Trinajstić information content (AvgIpc) is 3.57. The second-order valence-corrected chi connectivity index (χ2v) is 9.52. The van der Waals surface area contributed by atoms with Crippen molar-refractivity contribution < 1.29 is 27.9 Å². The lowest BCUT2D eigenvalue weighted by molar-refractivity contribution is -0.120. The third-order valence-corrected chi connectivity index (χ3v) is 7.46. The normalized spacial score (nSPS) is 29.4. The molecule has 0 N–H and O–H groups in total. The third-order valence-electron chi connectivity index (χ3n) is 7.46. The van der Waals surface area contributed by atoms with Crippen molar-refractivity contribution in [2.75, 3.05) is 0 Å². The summed E-state index contributed by atoms with van der Waals surface area (Å²) >= 11 is 0. The molecule has 0 aliphatic heterocycles. The lowest BCUT2D eigenvalue weighted by atomic mass is 9.52. The second-order valence-electron chi connectivity index (χ2n) is 9.52. The Hall–Kier alpha value is -3.80. The topological polar surface area (TPSA) is 78.9 Å². The highest BCUT2D eigenvalue weighted by atomic mass is 16.6. The van der Waals surface area contributed by atoms with Crippen LogP contribution in [0.1, 0.15) is 52.0 Å². The van der Waals surface area contributed by atoms with E-state index >= 15 is 0 Å². The first kappa shape index (κ1) is 23.0. The predicted octanol–water partition coefficient (Wildman–Crippen LogP) is 6.11. The summed E-state index contributed by atoms with van der Waals surface area (Å²) in [6.45, 7) is 6.27. The van der Waals surface area contributed by atoms with Crippen LogP contribution >= 0.6 is 0 Å². The van der Waals surface area contributed by atoms with Gasteiger partial charge in [0.1, 0.15) is 12.2 Å². The van der Waals surface area contributed by atoms with Crippen molar-refractivity contribution in [2.45, 2.75) is 38.9 Å². The molecule has 2 heterocycles. The number of furan rings is 2. The zero-order valence-electron chi connectivity index (χ0n) is 19.9. The molecule has 2 aliphatic carbocycles. The van der Waals surface area contributed by atoms with Gasteiger partial charge in [-0.3, -0.25) is 0 Å². The minimum Gasteiger partial charge on any atom is -0.457 e. The minimum absolute atomic E-state index is 0.0464. The summed E-state index contributed by atoms with van der Waals surface area (Å²) in [5.41, 5.74) is 1.73. The zero-order valence-corrected chi connectivity index (χ0v) is 19.9. The smallest absolute Gasteiger partial charge is 0.374 e. The van der Waals surface area contributed by atoms with Crippen molar-refractivity contribution >= 4 is 11.9 Å². The van der Waals surface area contributed by atoms with E-state index in [9.17, 15) is 9.59 Å². The van der Waals surface area contributed by atoms with Crippen molar-refractivity contribution in [1.29, 1.82) is 0 Å². The number of rotatable bonds is 5. The van der Waals surface area contributed by atoms with Gasteiger partial charge in [-0.15, -0.1) is 0 Å². The fourth-order valence-corrected chi connectivity index (χ4v) is 5.78. The Morgan fingerprint density at radius 3 is 2.09 bits per heavy atom. The first-order valence-electron chi connectivity index (χ1n) is 11.8. The maximum Gasteiger partial charge on any atom is 0.374 e. The van der Waals surface area contributed by atoms with Crippen molar-refractivity contribution in [1.82, 2.24) is 0 Å². The summed E-state index contributed by atoms with van der Waals surface area (Å²) in [6.07, 6.45) is 9.78. The molecule has 6 atom stereocenters. The van der Waals surface area contributed by atoms with Gasteiger partial charge < -0.3 is 18.3 Å². The van der Waals surface area contributed by atoms with Gasteiger partial charge in [-0.1, -0.05) is 62.4 Å². The molecule has 1 saturated carbocycles. The zero-order chi connectivity index (χ0) is 24.6. The highest BCUT2D eigenvalue weighted by Crippen LogP contribution is 2.57. The molecule has 180 valence electrons. The highest BCUT2D eigenvalue weighted by Gasteiger charge is 2.58. The van der Waals surface area contributed by atoms with E-state index in [1.807, 2.05) is 44.2 Å². The Morgan fingerprint density at radius 2 is 1.49 bits per heavy atom. The maximum absolute atomic E-state index is 13.2. The summed E-state index contributed by atoms with van der Waals surface area (Å²) in [5.74, 6) is -1.35. The van der Waals surface area contributed by atoms with Crippen LogP contribution in [0.4, 0.5) is 0 Å². The summed E-state index contributed by atoms with van der Waals surface area (Å²) in [6, 6.07) is 14.5. The lowest BCUT2D eigenvalue weighted by Crippen LogP contribution is -2.57. The van der Waals surface area contributed by atoms with Gasteiger partial charge in [0.2, 0.25) is 11.5 Å². The van der Waals surface area contributed by atoms with E-state index in [0.29, 0.717) is 0 Å². The fraction of sp³-hybridized carbons (Fsp3) is 0.310. The molecule has 1 fully saturated rings. The van der Waals surface area contributed by atoms with Gasteiger partial charge in [0.05, 0.1) is 12.5 Å². The van der Waals surface area contributed by atoms with Crippen LogP contribution in [0, 0.1) is 24.2 Å². The first-order chi connectivity index (χ1) is 16.9. The summed E-state index contributed by atoms with van der Waals surface area (Å²) < 4.78 is 22.8. The Balaban J connectivity index is 1.63. The molecule has 0 amide bonds. The molecule has 2 aliphatic rings. The van der Waals surface area contributed by atoms with Crippen LogP contribution in [0.15, 0.2) is 94.2 Å². The number of carbonyl (C=O) groups excluding carboxylic acids is 2. The summed E-state index contributed by atoms with van der Waals surface area (Å²) in [7, 11) is 0. The molecule has 5 rings (SSSR count). The quantitative estimate of drug-likeness (QED) is 0.417. The second kappa shape index (κ2) is 9.10. The highest BCUT2D eigenvalue weighted by molar-refractivity contribution is 5.87. The number of hydrogen-bond donors (Lipinski definition) is 0. The summed E-state index contributed by atoms with van der Waals surface area (Å²) in [5, 5.41) is 0. The number of esters is 2. The molecule has 0 radical (unpaired) electrons. The first-order valence-corrected chi connectivity index (χ1v) is 11.8.